The van der Waals surface area contributed by atoms with Crippen molar-refractivity contribution < 1.29 is 9.90 Å². The third-order valence-electron chi connectivity index (χ3n) is 8.00. The molecule has 5 nitrogen and oxygen atoms in total. The average molecular weight is 612 g/mol. The van der Waals surface area contributed by atoms with Gasteiger partial charge in [0.1, 0.15) is 11.6 Å². The number of hydrogen-bond donors (Lipinski definition) is 1. The second-order valence-electron chi connectivity index (χ2n) is 11.3. The van der Waals surface area contributed by atoms with E-state index in [-0.39, 0.29) is 5.57 Å². The van der Waals surface area contributed by atoms with Crippen LogP contribution in [-0.4, -0.2) is 11.1 Å². The normalized spacial score (nSPS) is 11.0. The monoisotopic (exact) mass is 611 g/mol. The van der Waals surface area contributed by atoms with Gasteiger partial charge in [0.05, 0.1) is 0 Å². The van der Waals surface area contributed by atoms with Gasteiger partial charge >= 0.3 is 5.97 Å². The minimum atomic E-state index is -1.24. The molecule has 5 heteroatoms. The summed E-state index contributed by atoms with van der Waals surface area (Å²) in [6, 6.07) is 53.6. The lowest BCUT2D eigenvalue weighted by Gasteiger charge is -2.26. The van der Waals surface area contributed by atoms with Gasteiger partial charge in [0, 0.05) is 34.1 Å². The molecule has 0 aromatic heterocycles. The van der Waals surface area contributed by atoms with Gasteiger partial charge in [-0.05, 0) is 109 Å². The smallest absolute Gasteiger partial charge is 0.346 e. The molecule has 0 amide bonds. The molecule has 0 aliphatic carbocycles. The summed E-state index contributed by atoms with van der Waals surface area (Å²) in [6.45, 7) is 4.16. The molecule has 0 saturated carbocycles. The number of benzene rings is 6. The fourth-order valence-electron chi connectivity index (χ4n) is 5.49. The zero-order valence-corrected chi connectivity index (χ0v) is 26.2. The Morgan fingerprint density at radius 3 is 1.23 bits per heavy atom. The first-order valence-corrected chi connectivity index (χ1v) is 15.3. The lowest BCUT2D eigenvalue weighted by molar-refractivity contribution is -0.132. The first-order chi connectivity index (χ1) is 22.9. The number of carbonyl (C=O) groups is 1. The Kier molecular flexibility index (Phi) is 8.95. The lowest BCUT2D eigenvalue weighted by Crippen LogP contribution is -2.10. The summed E-state index contributed by atoms with van der Waals surface area (Å²) in [5.74, 6) is -1.24. The molecule has 0 spiro atoms. The van der Waals surface area contributed by atoms with Gasteiger partial charge in [0.2, 0.25) is 0 Å². The van der Waals surface area contributed by atoms with Crippen molar-refractivity contribution in [2.24, 2.45) is 0 Å². The van der Waals surface area contributed by atoms with Crippen LogP contribution in [0.3, 0.4) is 0 Å². The maximum atomic E-state index is 11.3. The van der Waals surface area contributed by atoms with Crippen molar-refractivity contribution in [2.75, 3.05) is 9.80 Å². The molecule has 6 rings (SSSR count). The molecule has 47 heavy (non-hydrogen) atoms. The van der Waals surface area contributed by atoms with Crippen molar-refractivity contribution in [1.29, 1.82) is 5.26 Å². The number of nitrogens with zero attached hydrogens (tertiary/aromatic N) is 3. The van der Waals surface area contributed by atoms with E-state index < -0.39 is 5.97 Å². The largest absolute Gasteiger partial charge is 0.477 e. The number of carboxylic acid groups (broad SMARTS) is 1. The molecule has 0 radical (unpaired) electrons. The van der Waals surface area contributed by atoms with E-state index in [9.17, 15) is 9.90 Å². The number of rotatable bonds is 9. The SMILES string of the molecule is Cc1ccc(N(c2ccccc2)c2ccc(-c3ccc(N(c4ccc(C)cc4)c4ccc(C=C(C#N)C(=O)O)cc4)cc3)cc2)cc1. The summed E-state index contributed by atoms with van der Waals surface area (Å²) >= 11 is 0. The molecule has 1 N–H and O–H groups in total. The standard InChI is InChI=1S/C42H33N3O2/c1-30-8-18-37(19-9-30)44(36-6-4-3-5-7-36)40-24-14-33(15-25-40)34-16-26-41(27-17-34)45(38-20-10-31(2)11-21-38)39-22-12-32(13-23-39)28-35(29-43)42(46)47/h3-28H,1-2H3,(H,46,47). The minimum absolute atomic E-state index is 0.306. The Hall–Kier alpha value is -6.38. The highest BCUT2D eigenvalue weighted by Crippen LogP contribution is 2.38. The van der Waals surface area contributed by atoms with Crippen molar-refractivity contribution in [2.45, 2.75) is 13.8 Å². The van der Waals surface area contributed by atoms with Gasteiger partial charge in [-0.15, -0.1) is 0 Å². The predicted octanol–water partition coefficient (Wildman–Crippen LogP) is 10.9. The first-order valence-electron chi connectivity index (χ1n) is 15.3. The van der Waals surface area contributed by atoms with Crippen molar-refractivity contribution in [3.63, 3.8) is 0 Å². The zero-order chi connectivity index (χ0) is 32.8. The van der Waals surface area contributed by atoms with Gasteiger partial charge in [-0.2, -0.15) is 5.26 Å². The van der Waals surface area contributed by atoms with E-state index >= 15 is 0 Å². The van der Waals surface area contributed by atoms with E-state index in [1.165, 1.54) is 17.2 Å². The number of nitriles is 1. The number of carboxylic acids is 1. The third-order valence-corrected chi connectivity index (χ3v) is 8.00. The van der Waals surface area contributed by atoms with Crippen LogP contribution in [0.1, 0.15) is 16.7 Å². The van der Waals surface area contributed by atoms with Crippen molar-refractivity contribution >= 4 is 46.2 Å². The predicted molar refractivity (Wildman–Crippen MR) is 192 cm³/mol. The highest BCUT2D eigenvalue weighted by Gasteiger charge is 2.15. The molecule has 0 saturated heterocycles. The van der Waals surface area contributed by atoms with Crippen molar-refractivity contribution in [3.05, 3.63) is 174 Å². The topological polar surface area (TPSA) is 67.6 Å². The molecule has 0 aliphatic heterocycles. The molecule has 6 aromatic rings. The molecule has 0 unspecified atom stereocenters. The van der Waals surface area contributed by atoms with Crippen LogP contribution in [0.15, 0.2) is 157 Å². The number of aliphatic carboxylic acids is 1. The maximum absolute atomic E-state index is 11.3. The molecule has 6 aromatic carbocycles. The third kappa shape index (κ3) is 6.98. The van der Waals surface area contributed by atoms with Crippen LogP contribution < -0.4 is 9.80 Å². The highest BCUT2D eigenvalue weighted by molar-refractivity contribution is 5.96. The van der Waals surface area contributed by atoms with E-state index in [0.29, 0.717) is 5.56 Å². The molecule has 0 atom stereocenters. The summed E-state index contributed by atoms with van der Waals surface area (Å²) in [5, 5.41) is 18.4. The van der Waals surface area contributed by atoms with Crippen LogP contribution in [-0.2, 0) is 4.79 Å². The molecule has 0 fully saturated rings. The van der Waals surface area contributed by atoms with Crippen molar-refractivity contribution in [3.8, 4) is 17.2 Å². The number of para-hydroxylation sites is 1. The Morgan fingerprint density at radius 2 is 0.872 bits per heavy atom. The second-order valence-corrected chi connectivity index (χ2v) is 11.3. The number of hydrogen-bond acceptors (Lipinski definition) is 4. The van der Waals surface area contributed by atoms with Gasteiger partial charge in [-0.1, -0.05) is 90.0 Å². The van der Waals surface area contributed by atoms with Gasteiger partial charge < -0.3 is 14.9 Å². The lowest BCUT2D eigenvalue weighted by atomic mass is 10.0. The van der Waals surface area contributed by atoms with Crippen LogP contribution in [0.2, 0.25) is 0 Å². The summed E-state index contributed by atoms with van der Waals surface area (Å²) in [7, 11) is 0. The fraction of sp³-hybridized carbons (Fsp3) is 0.0476. The van der Waals surface area contributed by atoms with Crippen molar-refractivity contribution in [1.82, 2.24) is 0 Å². The van der Waals surface area contributed by atoms with E-state index in [1.54, 1.807) is 6.07 Å². The molecular weight excluding hydrogens is 578 g/mol. The van der Waals surface area contributed by atoms with Gasteiger partial charge in [-0.3, -0.25) is 0 Å². The Balaban J connectivity index is 1.30. The summed E-state index contributed by atoms with van der Waals surface area (Å²) in [5.41, 5.74) is 11.1. The van der Waals surface area contributed by atoms with Crippen LogP contribution in [0.25, 0.3) is 17.2 Å². The fourth-order valence-corrected chi connectivity index (χ4v) is 5.49. The van der Waals surface area contributed by atoms with Crippen LogP contribution in [0.4, 0.5) is 34.1 Å². The Labute approximate surface area is 275 Å². The number of aryl methyl sites for hydroxylation is 2. The van der Waals surface area contributed by atoms with Gasteiger partial charge in [0.25, 0.3) is 0 Å². The maximum Gasteiger partial charge on any atom is 0.346 e. The Morgan fingerprint density at radius 1 is 0.532 bits per heavy atom. The highest BCUT2D eigenvalue weighted by atomic mass is 16.4. The first kappa shape index (κ1) is 30.6. The Bertz CT molecular complexity index is 2040. The van der Waals surface area contributed by atoms with E-state index in [1.807, 2.05) is 30.3 Å². The average Bonchev–Trinajstić information content (AvgIpc) is 3.11. The van der Waals surface area contributed by atoms with E-state index in [2.05, 4.69) is 145 Å². The summed E-state index contributed by atoms with van der Waals surface area (Å²) in [4.78, 5) is 15.7. The second kappa shape index (κ2) is 13.7. The minimum Gasteiger partial charge on any atom is -0.477 e. The molecule has 228 valence electrons. The van der Waals surface area contributed by atoms with E-state index in [0.717, 1.165) is 45.3 Å². The molecule has 0 aliphatic rings. The summed E-state index contributed by atoms with van der Waals surface area (Å²) < 4.78 is 0. The van der Waals surface area contributed by atoms with Gasteiger partial charge in [0.15, 0.2) is 0 Å². The number of anilines is 6. The van der Waals surface area contributed by atoms with Crippen LogP contribution >= 0.6 is 0 Å². The zero-order valence-electron chi connectivity index (χ0n) is 26.2. The molecule has 0 heterocycles. The van der Waals surface area contributed by atoms with Gasteiger partial charge in [-0.25, -0.2) is 4.79 Å². The quantitative estimate of drug-likeness (QED) is 0.130. The van der Waals surface area contributed by atoms with Crippen LogP contribution in [0, 0.1) is 25.2 Å². The van der Waals surface area contributed by atoms with Crippen LogP contribution in [0.5, 0.6) is 0 Å². The van der Waals surface area contributed by atoms with E-state index in [4.69, 9.17) is 5.26 Å². The molecule has 0 bridgehead atoms. The summed E-state index contributed by atoms with van der Waals surface area (Å²) in [6.07, 6.45) is 1.38. The molecular formula is C42H33N3O2.